The highest BCUT2D eigenvalue weighted by atomic mass is 16.2. The fourth-order valence-corrected chi connectivity index (χ4v) is 1.82. The van der Waals surface area contributed by atoms with Crippen molar-refractivity contribution < 1.29 is 9.59 Å². The molecule has 1 aromatic heterocycles. The van der Waals surface area contributed by atoms with Crippen LogP contribution < -0.4 is 10.6 Å². The van der Waals surface area contributed by atoms with Gasteiger partial charge in [-0.05, 0) is 25.5 Å². The van der Waals surface area contributed by atoms with E-state index in [4.69, 9.17) is 0 Å². The van der Waals surface area contributed by atoms with Gasteiger partial charge < -0.3 is 10.6 Å². The predicted octanol–water partition coefficient (Wildman–Crippen LogP) is 0.855. The molecule has 1 saturated heterocycles. The molecular weight excluding hydrogens is 218 g/mol. The number of amides is 2. The Bertz CT molecular complexity index is 435. The summed E-state index contributed by atoms with van der Waals surface area (Å²) >= 11 is 0. The van der Waals surface area contributed by atoms with Crippen molar-refractivity contribution in [3.63, 3.8) is 0 Å². The van der Waals surface area contributed by atoms with Gasteiger partial charge in [-0.2, -0.15) is 0 Å². The standard InChI is InChI=1S/C12H15N3O2/c1-8-6-10(4-5-13-8)15-12(17)9-2-3-11(16)14-7-9/h4-6,9H,2-3,7H2,1H3,(H,14,16)(H,13,15,17). The first-order chi connectivity index (χ1) is 8.15. The van der Waals surface area contributed by atoms with Crippen LogP contribution in [0.15, 0.2) is 18.3 Å². The minimum absolute atomic E-state index is 0.0220. The van der Waals surface area contributed by atoms with Crippen molar-refractivity contribution >= 4 is 17.5 Å². The monoisotopic (exact) mass is 233 g/mol. The van der Waals surface area contributed by atoms with E-state index in [-0.39, 0.29) is 17.7 Å². The predicted molar refractivity (Wildman–Crippen MR) is 63.3 cm³/mol. The van der Waals surface area contributed by atoms with Gasteiger partial charge in [0.25, 0.3) is 0 Å². The number of nitrogens with zero attached hydrogens (tertiary/aromatic N) is 1. The van der Waals surface area contributed by atoms with Crippen molar-refractivity contribution in [1.82, 2.24) is 10.3 Å². The van der Waals surface area contributed by atoms with Crippen LogP contribution in [0.2, 0.25) is 0 Å². The lowest BCUT2D eigenvalue weighted by Crippen LogP contribution is -2.40. The number of hydrogen-bond donors (Lipinski definition) is 2. The van der Waals surface area contributed by atoms with E-state index in [0.29, 0.717) is 19.4 Å². The summed E-state index contributed by atoms with van der Waals surface area (Å²) in [6.45, 7) is 2.30. The zero-order valence-electron chi connectivity index (χ0n) is 9.69. The Kier molecular flexibility index (Phi) is 3.37. The second-order valence-corrected chi connectivity index (χ2v) is 4.21. The van der Waals surface area contributed by atoms with Crippen LogP contribution in [0.4, 0.5) is 5.69 Å². The van der Waals surface area contributed by atoms with Gasteiger partial charge in [-0.15, -0.1) is 0 Å². The van der Waals surface area contributed by atoms with Gasteiger partial charge in [-0.3, -0.25) is 14.6 Å². The normalized spacial score (nSPS) is 19.6. The summed E-state index contributed by atoms with van der Waals surface area (Å²) in [5.41, 5.74) is 1.61. The summed E-state index contributed by atoms with van der Waals surface area (Å²) in [6.07, 6.45) is 2.70. The van der Waals surface area contributed by atoms with Crippen LogP contribution in [-0.4, -0.2) is 23.3 Å². The molecule has 1 atom stereocenters. The average Bonchev–Trinajstić information content (AvgIpc) is 2.29. The Labute approximate surface area is 99.6 Å². The molecule has 0 aliphatic carbocycles. The molecule has 2 heterocycles. The van der Waals surface area contributed by atoms with Crippen molar-refractivity contribution in [3.8, 4) is 0 Å². The third-order valence-corrected chi connectivity index (χ3v) is 2.80. The SMILES string of the molecule is Cc1cc(NC(=O)C2CCC(=O)NC2)ccn1. The van der Waals surface area contributed by atoms with Gasteiger partial charge in [0, 0.05) is 30.5 Å². The Morgan fingerprint density at radius 1 is 1.59 bits per heavy atom. The summed E-state index contributed by atoms with van der Waals surface area (Å²) in [5, 5.41) is 5.54. The Balaban J connectivity index is 1.95. The quantitative estimate of drug-likeness (QED) is 0.795. The fourth-order valence-electron chi connectivity index (χ4n) is 1.82. The Morgan fingerprint density at radius 3 is 3.06 bits per heavy atom. The molecule has 1 aliphatic rings. The summed E-state index contributed by atoms with van der Waals surface area (Å²) in [5.74, 6) is -0.162. The van der Waals surface area contributed by atoms with Crippen LogP contribution in [0.25, 0.3) is 0 Å². The van der Waals surface area contributed by atoms with E-state index in [0.717, 1.165) is 11.4 Å². The lowest BCUT2D eigenvalue weighted by atomic mass is 9.98. The maximum absolute atomic E-state index is 11.9. The van der Waals surface area contributed by atoms with Gasteiger partial charge in [0.05, 0.1) is 5.92 Å². The van der Waals surface area contributed by atoms with E-state index < -0.39 is 0 Å². The molecule has 1 aromatic rings. The van der Waals surface area contributed by atoms with Crippen LogP contribution >= 0.6 is 0 Å². The van der Waals surface area contributed by atoms with Gasteiger partial charge >= 0.3 is 0 Å². The average molecular weight is 233 g/mol. The zero-order chi connectivity index (χ0) is 12.3. The molecule has 5 heteroatoms. The smallest absolute Gasteiger partial charge is 0.229 e. The first-order valence-corrected chi connectivity index (χ1v) is 5.65. The van der Waals surface area contributed by atoms with E-state index in [9.17, 15) is 9.59 Å². The number of hydrogen-bond acceptors (Lipinski definition) is 3. The lowest BCUT2D eigenvalue weighted by molar-refractivity contribution is -0.126. The minimum Gasteiger partial charge on any atom is -0.355 e. The molecule has 90 valence electrons. The second kappa shape index (κ2) is 4.95. The van der Waals surface area contributed by atoms with E-state index >= 15 is 0 Å². The van der Waals surface area contributed by atoms with Gasteiger partial charge in [0.1, 0.15) is 0 Å². The molecule has 0 bridgehead atoms. The van der Waals surface area contributed by atoms with E-state index in [1.54, 1.807) is 12.3 Å². The maximum atomic E-state index is 11.9. The molecule has 1 aliphatic heterocycles. The topological polar surface area (TPSA) is 71.1 Å². The lowest BCUT2D eigenvalue weighted by Gasteiger charge is -2.21. The highest BCUT2D eigenvalue weighted by molar-refractivity contribution is 5.94. The molecule has 2 amide bonds. The van der Waals surface area contributed by atoms with Gasteiger partial charge in [-0.25, -0.2) is 0 Å². The number of anilines is 1. The number of aromatic nitrogens is 1. The zero-order valence-corrected chi connectivity index (χ0v) is 9.69. The molecule has 1 unspecified atom stereocenters. The molecule has 5 nitrogen and oxygen atoms in total. The van der Waals surface area contributed by atoms with E-state index in [1.165, 1.54) is 0 Å². The molecule has 0 radical (unpaired) electrons. The maximum Gasteiger partial charge on any atom is 0.229 e. The van der Waals surface area contributed by atoms with Crippen molar-refractivity contribution in [2.45, 2.75) is 19.8 Å². The van der Waals surface area contributed by atoms with Crippen LogP contribution in [0.5, 0.6) is 0 Å². The number of carbonyl (C=O) groups is 2. The molecule has 0 spiro atoms. The summed E-state index contributed by atoms with van der Waals surface area (Å²) in [7, 11) is 0. The number of carbonyl (C=O) groups excluding carboxylic acids is 2. The number of rotatable bonds is 2. The molecule has 2 rings (SSSR count). The number of aryl methyl sites for hydroxylation is 1. The molecular formula is C12H15N3O2. The Morgan fingerprint density at radius 2 is 2.41 bits per heavy atom. The highest BCUT2D eigenvalue weighted by Crippen LogP contribution is 2.14. The van der Waals surface area contributed by atoms with Crippen LogP contribution in [0.3, 0.4) is 0 Å². The third kappa shape index (κ3) is 3.03. The fraction of sp³-hybridized carbons (Fsp3) is 0.417. The number of piperidine rings is 1. The van der Waals surface area contributed by atoms with E-state index in [1.807, 2.05) is 13.0 Å². The van der Waals surface area contributed by atoms with Crippen LogP contribution in [-0.2, 0) is 9.59 Å². The highest BCUT2D eigenvalue weighted by Gasteiger charge is 2.24. The minimum atomic E-state index is -0.138. The first kappa shape index (κ1) is 11.6. The van der Waals surface area contributed by atoms with Gasteiger partial charge in [0.2, 0.25) is 11.8 Å². The molecule has 1 fully saturated rings. The van der Waals surface area contributed by atoms with E-state index in [2.05, 4.69) is 15.6 Å². The van der Waals surface area contributed by atoms with Crippen molar-refractivity contribution in [2.24, 2.45) is 5.92 Å². The summed E-state index contributed by atoms with van der Waals surface area (Å²) in [4.78, 5) is 26.9. The first-order valence-electron chi connectivity index (χ1n) is 5.65. The van der Waals surface area contributed by atoms with Crippen LogP contribution in [0, 0.1) is 12.8 Å². The number of pyridine rings is 1. The van der Waals surface area contributed by atoms with Crippen molar-refractivity contribution in [2.75, 3.05) is 11.9 Å². The van der Waals surface area contributed by atoms with Crippen LogP contribution in [0.1, 0.15) is 18.5 Å². The van der Waals surface area contributed by atoms with Gasteiger partial charge in [-0.1, -0.05) is 0 Å². The van der Waals surface area contributed by atoms with Gasteiger partial charge in [0.15, 0.2) is 0 Å². The second-order valence-electron chi connectivity index (χ2n) is 4.21. The molecule has 0 saturated carbocycles. The summed E-state index contributed by atoms with van der Waals surface area (Å²) in [6, 6.07) is 3.58. The third-order valence-electron chi connectivity index (χ3n) is 2.80. The molecule has 17 heavy (non-hydrogen) atoms. The van der Waals surface area contributed by atoms with Crippen molar-refractivity contribution in [1.29, 1.82) is 0 Å². The largest absolute Gasteiger partial charge is 0.355 e. The summed E-state index contributed by atoms with van der Waals surface area (Å²) < 4.78 is 0. The van der Waals surface area contributed by atoms with Crippen molar-refractivity contribution in [3.05, 3.63) is 24.0 Å². The molecule has 0 aromatic carbocycles. The number of nitrogens with one attached hydrogen (secondary N) is 2. The molecule has 2 N–H and O–H groups in total. The Hall–Kier alpha value is -1.91.